The molecule has 3 aromatic carbocycles. The number of Topliss-reactive ketones (excluding diaryl/α,β-unsaturated/α-hetero) is 1. The van der Waals surface area contributed by atoms with Crippen LogP contribution in [-0.4, -0.2) is 16.6 Å². The number of carbonyl (C=O) groups excluding carboxylic acids is 2. The van der Waals surface area contributed by atoms with E-state index in [9.17, 15) is 24.5 Å². The zero-order valence-corrected chi connectivity index (χ0v) is 18.4. The van der Waals surface area contributed by atoms with Gasteiger partial charge in [-0.05, 0) is 67.1 Å². The van der Waals surface area contributed by atoms with Crippen molar-refractivity contribution in [2.45, 2.75) is 13.0 Å². The number of rotatable bonds is 4. The van der Waals surface area contributed by atoms with Crippen LogP contribution in [-0.2, 0) is 0 Å². The predicted molar refractivity (Wildman–Crippen MR) is 126 cm³/mol. The average Bonchev–Trinajstić information content (AvgIpc) is 3.12. The number of nitro benzene ring substituents is 1. The van der Waals surface area contributed by atoms with Crippen molar-refractivity contribution in [1.29, 1.82) is 0 Å². The molecule has 0 radical (unpaired) electrons. The van der Waals surface area contributed by atoms with E-state index in [1.54, 1.807) is 30.3 Å². The monoisotopic (exact) mass is 474 g/mol. The van der Waals surface area contributed by atoms with Crippen molar-refractivity contribution in [2.75, 3.05) is 4.90 Å². The summed E-state index contributed by atoms with van der Waals surface area (Å²) in [5.74, 6) is -0.781. The maximum Gasteiger partial charge on any atom is 0.295 e. The molecule has 5 rings (SSSR count). The Balaban J connectivity index is 1.76. The Hall–Kier alpha value is -4.30. The van der Waals surface area contributed by atoms with Gasteiger partial charge in [-0.2, -0.15) is 0 Å². The van der Waals surface area contributed by atoms with Crippen LogP contribution < -0.4 is 10.3 Å². The molecule has 1 atom stereocenters. The molecule has 0 bridgehead atoms. The zero-order valence-electron chi connectivity index (χ0n) is 17.7. The lowest BCUT2D eigenvalue weighted by Gasteiger charge is -2.25. The summed E-state index contributed by atoms with van der Waals surface area (Å²) in [5, 5.41) is 11.7. The lowest BCUT2D eigenvalue weighted by atomic mass is 9.98. The molecule has 0 spiro atoms. The van der Waals surface area contributed by atoms with Crippen molar-refractivity contribution >= 4 is 45.6 Å². The molecule has 1 aliphatic rings. The minimum atomic E-state index is -0.897. The highest BCUT2D eigenvalue weighted by Crippen LogP contribution is 2.41. The first kappa shape index (κ1) is 21.5. The van der Waals surface area contributed by atoms with Gasteiger partial charge in [-0.25, -0.2) is 0 Å². The fraction of sp³-hybridized carbons (Fsp3) is 0.0800. The second-order valence-corrected chi connectivity index (χ2v) is 8.28. The molecule has 4 aromatic rings. The summed E-state index contributed by atoms with van der Waals surface area (Å²) >= 11 is 6.09. The van der Waals surface area contributed by atoms with E-state index in [1.165, 1.54) is 48.2 Å². The first-order valence-corrected chi connectivity index (χ1v) is 10.6. The van der Waals surface area contributed by atoms with Gasteiger partial charge in [0.05, 0.1) is 21.9 Å². The molecular formula is C25H15ClN2O6. The fourth-order valence-corrected chi connectivity index (χ4v) is 4.33. The van der Waals surface area contributed by atoms with Crippen LogP contribution in [0.4, 0.5) is 11.4 Å². The standard InChI is InChI=1S/C25H15ClN2O6/c1-13(29)14-2-7-17(8-3-14)27-22(15-4-9-18(10-5-15)28(32)33)21-23(30)19-12-16(26)6-11-20(19)34-24(21)25(27)31/h2-12,22H,1H3. The minimum absolute atomic E-state index is 0.112. The predicted octanol–water partition coefficient (Wildman–Crippen LogP) is 5.31. The smallest absolute Gasteiger partial charge is 0.295 e. The highest BCUT2D eigenvalue weighted by molar-refractivity contribution is 6.31. The molecule has 0 fully saturated rings. The SMILES string of the molecule is CC(=O)c1ccc(N2C(=O)c3oc4ccc(Cl)cc4c(=O)c3C2c2ccc([N+](=O)[O-])cc2)cc1. The van der Waals surface area contributed by atoms with Gasteiger partial charge in [0.2, 0.25) is 5.76 Å². The van der Waals surface area contributed by atoms with Gasteiger partial charge in [-0.15, -0.1) is 0 Å². The van der Waals surface area contributed by atoms with E-state index in [2.05, 4.69) is 0 Å². The minimum Gasteiger partial charge on any atom is -0.450 e. The van der Waals surface area contributed by atoms with E-state index in [0.29, 0.717) is 21.8 Å². The number of fused-ring (bicyclic) bond motifs is 2. The van der Waals surface area contributed by atoms with Crippen molar-refractivity contribution in [3.63, 3.8) is 0 Å². The topological polar surface area (TPSA) is 111 Å². The molecule has 0 saturated heterocycles. The highest BCUT2D eigenvalue weighted by Gasteiger charge is 2.43. The van der Waals surface area contributed by atoms with Crippen LogP contribution in [0.3, 0.4) is 0 Å². The third kappa shape index (κ3) is 3.36. The van der Waals surface area contributed by atoms with Crippen molar-refractivity contribution in [3.05, 3.63) is 115 Å². The molecule has 1 amide bonds. The Bertz CT molecular complexity index is 1560. The van der Waals surface area contributed by atoms with E-state index in [4.69, 9.17) is 16.0 Å². The first-order chi connectivity index (χ1) is 16.3. The maximum atomic E-state index is 13.5. The number of nitro groups is 1. The molecule has 1 aliphatic heterocycles. The van der Waals surface area contributed by atoms with Gasteiger partial charge in [0.15, 0.2) is 11.2 Å². The Morgan fingerprint density at radius 1 is 1.03 bits per heavy atom. The fourth-order valence-electron chi connectivity index (χ4n) is 4.16. The molecule has 0 aliphatic carbocycles. The van der Waals surface area contributed by atoms with Gasteiger partial charge >= 0.3 is 0 Å². The molecule has 0 saturated carbocycles. The summed E-state index contributed by atoms with van der Waals surface area (Å²) in [7, 11) is 0. The van der Waals surface area contributed by atoms with Gasteiger partial charge in [-0.1, -0.05) is 11.6 Å². The van der Waals surface area contributed by atoms with Crippen molar-refractivity contribution in [1.82, 2.24) is 0 Å². The van der Waals surface area contributed by atoms with Crippen LogP contribution in [0.15, 0.2) is 75.9 Å². The van der Waals surface area contributed by atoms with Crippen LogP contribution in [0.25, 0.3) is 11.0 Å². The number of non-ortho nitro benzene ring substituents is 1. The summed E-state index contributed by atoms with van der Waals surface area (Å²) in [6.45, 7) is 1.44. The van der Waals surface area contributed by atoms with Gasteiger partial charge in [0.25, 0.3) is 11.6 Å². The number of anilines is 1. The third-order valence-electron chi connectivity index (χ3n) is 5.80. The lowest BCUT2D eigenvalue weighted by Crippen LogP contribution is -2.29. The van der Waals surface area contributed by atoms with E-state index < -0.39 is 22.3 Å². The first-order valence-electron chi connectivity index (χ1n) is 10.2. The number of halogens is 1. The van der Waals surface area contributed by atoms with Gasteiger partial charge < -0.3 is 4.42 Å². The third-order valence-corrected chi connectivity index (χ3v) is 6.04. The van der Waals surface area contributed by atoms with E-state index in [-0.39, 0.29) is 33.8 Å². The maximum absolute atomic E-state index is 13.5. The van der Waals surface area contributed by atoms with Crippen molar-refractivity contribution in [3.8, 4) is 0 Å². The van der Waals surface area contributed by atoms with Crippen LogP contribution >= 0.6 is 11.6 Å². The van der Waals surface area contributed by atoms with E-state index >= 15 is 0 Å². The Morgan fingerprint density at radius 2 is 1.71 bits per heavy atom. The van der Waals surface area contributed by atoms with Gasteiger partial charge in [-0.3, -0.25) is 29.4 Å². The number of amides is 1. The van der Waals surface area contributed by atoms with Crippen LogP contribution in [0.2, 0.25) is 5.02 Å². The molecule has 2 heterocycles. The molecule has 0 N–H and O–H groups in total. The number of benzene rings is 3. The number of carbonyl (C=O) groups is 2. The largest absolute Gasteiger partial charge is 0.450 e. The lowest BCUT2D eigenvalue weighted by molar-refractivity contribution is -0.384. The molecule has 8 nitrogen and oxygen atoms in total. The molecule has 1 aromatic heterocycles. The summed E-state index contributed by atoms with van der Waals surface area (Å²) in [5.41, 5.74) is 1.19. The van der Waals surface area contributed by atoms with E-state index in [1.807, 2.05) is 0 Å². The van der Waals surface area contributed by atoms with Gasteiger partial charge in [0.1, 0.15) is 5.58 Å². The molecule has 168 valence electrons. The summed E-state index contributed by atoms with van der Waals surface area (Å²) in [6, 6.07) is 15.7. The Kier molecular flexibility index (Phi) is 5.02. The zero-order chi connectivity index (χ0) is 24.1. The summed E-state index contributed by atoms with van der Waals surface area (Å²) in [6.07, 6.45) is 0. The van der Waals surface area contributed by atoms with Crippen molar-refractivity contribution in [2.24, 2.45) is 0 Å². The van der Waals surface area contributed by atoms with Crippen LogP contribution in [0.5, 0.6) is 0 Å². The second-order valence-electron chi connectivity index (χ2n) is 7.84. The Morgan fingerprint density at radius 3 is 2.32 bits per heavy atom. The van der Waals surface area contributed by atoms with Crippen LogP contribution in [0, 0.1) is 10.1 Å². The number of nitrogens with zero attached hydrogens (tertiary/aromatic N) is 2. The quantitative estimate of drug-likeness (QED) is 0.225. The number of ketones is 1. The van der Waals surface area contributed by atoms with E-state index in [0.717, 1.165) is 0 Å². The number of hydrogen-bond acceptors (Lipinski definition) is 6. The Labute approximate surface area is 197 Å². The molecule has 1 unspecified atom stereocenters. The normalized spacial score (nSPS) is 14.9. The van der Waals surface area contributed by atoms with Crippen molar-refractivity contribution < 1.29 is 18.9 Å². The molecule has 9 heteroatoms. The second kappa shape index (κ2) is 7.93. The van der Waals surface area contributed by atoms with Gasteiger partial charge in [0, 0.05) is 28.4 Å². The molecular weight excluding hydrogens is 460 g/mol. The average molecular weight is 475 g/mol. The highest BCUT2D eigenvalue weighted by atomic mass is 35.5. The number of hydrogen-bond donors (Lipinski definition) is 0. The summed E-state index contributed by atoms with van der Waals surface area (Å²) < 4.78 is 5.87. The molecule has 34 heavy (non-hydrogen) atoms. The summed E-state index contributed by atoms with van der Waals surface area (Å²) in [4.78, 5) is 50.8. The van der Waals surface area contributed by atoms with Crippen LogP contribution in [0.1, 0.15) is 45.0 Å².